The minimum Gasteiger partial charge on any atom is -0.382 e. The van der Waals surface area contributed by atoms with Gasteiger partial charge in [-0.25, -0.2) is 0 Å². The van der Waals surface area contributed by atoms with E-state index >= 15 is 0 Å². The Morgan fingerprint density at radius 1 is 1.19 bits per heavy atom. The zero-order valence-corrected chi connectivity index (χ0v) is 12.8. The van der Waals surface area contributed by atoms with Crippen molar-refractivity contribution in [3.05, 3.63) is 28.8 Å². The number of benzene rings is 1. The first-order chi connectivity index (χ1) is 10.1. The molecule has 4 heteroatoms. The summed E-state index contributed by atoms with van der Waals surface area (Å²) in [4.78, 5) is 11.2. The van der Waals surface area contributed by atoms with E-state index in [2.05, 4.69) is 5.32 Å². The summed E-state index contributed by atoms with van der Waals surface area (Å²) in [5.74, 6) is 3.24. The van der Waals surface area contributed by atoms with E-state index in [4.69, 9.17) is 17.3 Å². The minimum atomic E-state index is -0.472. The van der Waals surface area contributed by atoms with E-state index in [9.17, 15) is 4.79 Å². The third-order valence-corrected chi connectivity index (χ3v) is 6.33. The maximum absolute atomic E-state index is 11.2. The second-order valence-corrected chi connectivity index (χ2v) is 7.37. The van der Waals surface area contributed by atoms with Gasteiger partial charge in [0.25, 0.3) is 0 Å². The van der Waals surface area contributed by atoms with Gasteiger partial charge in [0.05, 0.1) is 10.6 Å². The molecule has 3 aliphatic rings. The first-order valence-electron chi connectivity index (χ1n) is 7.99. The van der Waals surface area contributed by atoms with Gasteiger partial charge in [0.15, 0.2) is 0 Å². The van der Waals surface area contributed by atoms with Gasteiger partial charge in [0.1, 0.15) is 0 Å². The van der Waals surface area contributed by atoms with Gasteiger partial charge in [-0.2, -0.15) is 0 Å². The SMILES string of the molecule is NC(=O)c1ccc(NC2CC3CC2C2CCCC32)cc1Cl. The van der Waals surface area contributed by atoms with E-state index in [0.717, 1.165) is 29.4 Å². The summed E-state index contributed by atoms with van der Waals surface area (Å²) in [5.41, 5.74) is 6.70. The third-order valence-electron chi connectivity index (χ3n) is 6.02. The van der Waals surface area contributed by atoms with Crippen LogP contribution in [-0.4, -0.2) is 11.9 Å². The molecule has 2 bridgehead atoms. The number of halogens is 1. The Bertz CT molecular complexity index is 588. The molecule has 4 rings (SSSR count). The standard InChI is InChI=1S/C17H21ClN2O/c18-15-8-10(4-5-13(15)17(19)21)20-16-7-9-6-14(16)12-3-1-2-11(9)12/h4-5,8-9,11-12,14,16,20H,1-3,6-7H2,(H2,19,21). The molecule has 21 heavy (non-hydrogen) atoms. The number of nitrogens with one attached hydrogen (secondary N) is 1. The van der Waals surface area contributed by atoms with Crippen molar-refractivity contribution < 1.29 is 4.79 Å². The molecule has 1 aromatic rings. The molecule has 0 heterocycles. The number of amides is 1. The Morgan fingerprint density at radius 3 is 2.76 bits per heavy atom. The topological polar surface area (TPSA) is 55.1 Å². The highest BCUT2D eigenvalue weighted by Gasteiger charge is 2.53. The maximum atomic E-state index is 11.2. The fourth-order valence-corrected chi connectivity index (χ4v) is 5.53. The molecular weight excluding hydrogens is 284 g/mol. The highest BCUT2D eigenvalue weighted by atomic mass is 35.5. The molecule has 3 nitrogen and oxygen atoms in total. The zero-order valence-electron chi connectivity index (χ0n) is 12.0. The van der Waals surface area contributed by atoms with Crippen LogP contribution in [0.2, 0.25) is 5.02 Å². The first kappa shape index (κ1) is 13.4. The predicted octanol–water partition coefficient (Wildman–Crippen LogP) is 3.68. The monoisotopic (exact) mass is 304 g/mol. The number of hydrogen-bond donors (Lipinski definition) is 2. The van der Waals surface area contributed by atoms with Crippen LogP contribution in [0.4, 0.5) is 5.69 Å². The quantitative estimate of drug-likeness (QED) is 0.895. The van der Waals surface area contributed by atoms with Crippen LogP contribution in [0.15, 0.2) is 18.2 Å². The lowest BCUT2D eigenvalue weighted by Gasteiger charge is -2.32. The predicted molar refractivity (Wildman–Crippen MR) is 84.4 cm³/mol. The van der Waals surface area contributed by atoms with Crippen molar-refractivity contribution in [1.82, 2.24) is 0 Å². The van der Waals surface area contributed by atoms with Crippen molar-refractivity contribution in [2.45, 2.75) is 38.1 Å². The van der Waals surface area contributed by atoms with Crippen molar-refractivity contribution >= 4 is 23.2 Å². The van der Waals surface area contributed by atoms with E-state index in [1.165, 1.54) is 32.1 Å². The van der Waals surface area contributed by atoms with Gasteiger partial charge in [-0.3, -0.25) is 4.79 Å². The molecule has 5 unspecified atom stereocenters. The number of nitrogens with two attached hydrogens (primary N) is 1. The molecular formula is C17H21ClN2O. The summed E-state index contributed by atoms with van der Waals surface area (Å²) in [7, 11) is 0. The van der Waals surface area contributed by atoms with Crippen LogP contribution in [0.25, 0.3) is 0 Å². The lowest BCUT2D eigenvalue weighted by molar-refractivity contribution is 0.100. The van der Waals surface area contributed by atoms with Crippen molar-refractivity contribution in [3.63, 3.8) is 0 Å². The van der Waals surface area contributed by atoms with Crippen molar-refractivity contribution in [2.24, 2.45) is 29.4 Å². The van der Waals surface area contributed by atoms with Crippen LogP contribution < -0.4 is 11.1 Å². The van der Waals surface area contributed by atoms with E-state index in [1.807, 2.05) is 12.1 Å². The molecule has 3 N–H and O–H groups in total. The summed E-state index contributed by atoms with van der Waals surface area (Å²) in [6.07, 6.45) is 7.00. The number of carbonyl (C=O) groups excluding carboxylic acids is 1. The van der Waals surface area contributed by atoms with Gasteiger partial charge in [0.2, 0.25) is 5.91 Å². The Labute approximate surface area is 130 Å². The first-order valence-corrected chi connectivity index (χ1v) is 8.37. The van der Waals surface area contributed by atoms with Crippen LogP contribution in [0.3, 0.4) is 0 Å². The highest BCUT2D eigenvalue weighted by Crippen LogP contribution is 2.59. The van der Waals surface area contributed by atoms with Gasteiger partial charge in [0, 0.05) is 11.7 Å². The van der Waals surface area contributed by atoms with Crippen molar-refractivity contribution in [2.75, 3.05) is 5.32 Å². The molecule has 3 saturated carbocycles. The number of primary amides is 1. The molecule has 0 saturated heterocycles. The van der Waals surface area contributed by atoms with E-state index in [1.54, 1.807) is 6.07 Å². The van der Waals surface area contributed by atoms with Crippen molar-refractivity contribution in [3.8, 4) is 0 Å². The van der Waals surface area contributed by atoms with E-state index < -0.39 is 5.91 Å². The fraction of sp³-hybridized carbons (Fsp3) is 0.588. The molecule has 5 atom stereocenters. The highest BCUT2D eigenvalue weighted by molar-refractivity contribution is 6.34. The molecule has 0 aromatic heterocycles. The Balaban J connectivity index is 1.50. The Kier molecular flexibility index (Phi) is 3.14. The summed E-state index contributed by atoms with van der Waals surface area (Å²) >= 11 is 6.14. The lowest BCUT2D eigenvalue weighted by atomic mass is 9.79. The molecule has 1 amide bonds. The summed E-state index contributed by atoms with van der Waals surface area (Å²) in [6.45, 7) is 0. The summed E-state index contributed by atoms with van der Waals surface area (Å²) < 4.78 is 0. The largest absolute Gasteiger partial charge is 0.382 e. The van der Waals surface area contributed by atoms with Crippen molar-refractivity contribution in [1.29, 1.82) is 0 Å². The zero-order chi connectivity index (χ0) is 14.6. The number of hydrogen-bond acceptors (Lipinski definition) is 2. The molecule has 112 valence electrons. The van der Waals surface area contributed by atoms with E-state index in [0.29, 0.717) is 16.6 Å². The average Bonchev–Trinajstić information content (AvgIpc) is 3.09. The van der Waals surface area contributed by atoms with Gasteiger partial charge in [-0.15, -0.1) is 0 Å². The molecule has 0 radical (unpaired) electrons. The van der Waals surface area contributed by atoms with Crippen LogP contribution in [-0.2, 0) is 0 Å². The second-order valence-electron chi connectivity index (χ2n) is 6.96. The lowest BCUT2D eigenvalue weighted by Crippen LogP contribution is -2.33. The molecule has 0 spiro atoms. The number of anilines is 1. The smallest absolute Gasteiger partial charge is 0.250 e. The molecule has 0 aliphatic heterocycles. The third kappa shape index (κ3) is 2.13. The second kappa shape index (κ2) is 4.91. The fourth-order valence-electron chi connectivity index (χ4n) is 5.25. The molecule has 3 fully saturated rings. The number of fused-ring (bicyclic) bond motifs is 5. The number of rotatable bonds is 3. The van der Waals surface area contributed by atoms with Crippen LogP contribution in [0, 0.1) is 23.7 Å². The maximum Gasteiger partial charge on any atom is 0.250 e. The molecule has 3 aliphatic carbocycles. The van der Waals surface area contributed by atoms with Gasteiger partial charge in [-0.1, -0.05) is 18.0 Å². The van der Waals surface area contributed by atoms with E-state index in [-0.39, 0.29) is 0 Å². The normalized spacial score (nSPS) is 36.7. The van der Waals surface area contributed by atoms with Gasteiger partial charge < -0.3 is 11.1 Å². The van der Waals surface area contributed by atoms with Crippen LogP contribution >= 0.6 is 11.6 Å². The number of carbonyl (C=O) groups is 1. The van der Waals surface area contributed by atoms with Gasteiger partial charge in [-0.05, 0) is 67.6 Å². The van der Waals surface area contributed by atoms with Crippen LogP contribution in [0.5, 0.6) is 0 Å². The van der Waals surface area contributed by atoms with Crippen LogP contribution in [0.1, 0.15) is 42.5 Å². The Morgan fingerprint density at radius 2 is 2.00 bits per heavy atom. The molecule has 1 aromatic carbocycles. The minimum absolute atomic E-state index is 0.394. The summed E-state index contributed by atoms with van der Waals surface area (Å²) in [6, 6.07) is 6.05. The average molecular weight is 305 g/mol. The Hall–Kier alpha value is -1.22. The van der Waals surface area contributed by atoms with Gasteiger partial charge >= 0.3 is 0 Å². The summed E-state index contributed by atoms with van der Waals surface area (Å²) in [5, 5.41) is 4.09.